The molecular weight excluding hydrogens is 226 g/mol. The van der Waals surface area contributed by atoms with E-state index in [1.807, 2.05) is 0 Å². The van der Waals surface area contributed by atoms with Crippen LogP contribution < -0.4 is 5.32 Å². The summed E-state index contributed by atoms with van der Waals surface area (Å²) in [7, 11) is 0. The van der Waals surface area contributed by atoms with Gasteiger partial charge in [0.15, 0.2) is 0 Å². The number of aromatic nitrogens is 4. The van der Waals surface area contributed by atoms with E-state index in [0.717, 1.165) is 38.3 Å². The van der Waals surface area contributed by atoms with Gasteiger partial charge in [0.25, 0.3) is 0 Å². The third-order valence-corrected chi connectivity index (χ3v) is 2.85. The summed E-state index contributed by atoms with van der Waals surface area (Å²) in [6.45, 7) is 5.24. The van der Waals surface area contributed by atoms with E-state index in [9.17, 15) is 0 Å². The molecule has 0 fully saturated rings. The fraction of sp³-hybridized carbons (Fsp3) is 0.538. The van der Waals surface area contributed by atoms with Crippen molar-refractivity contribution in [3.63, 3.8) is 0 Å². The first-order valence-corrected chi connectivity index (χ1v) is 6.58. The molecule has 5 heteroatoms. The van der Waals surface area contributed by atoms with Gasteiger partial charge in [-0.05, 0) is 31.0 Å². The van der Waals surface area contributed by atoms with Crippen molar-refractivity contribution < 1.29 is 0 Å². The molecule has 0 saturated heterocycles. The summed E-state index contributed by atoms with van der Waals surface area (Å²) < 4.78 is 2.24. The predicted molar refractivity (Wildman–Crippen MR) is 71.1 cm³/mol. The van der Waals surface area contributed by atoms with Gasteiger partial charge in [-0.3, -0.25) is 5.10 Å². The second kappa shape index (κ2) is 6.96. The summed E-state index contributed by atoms with van der Waals surface area (Å²) >= 11 is 0. The van der Waals surface area contributed by atoms with Crippen LogP contribution in [0.1, 0.15) is 31.2 Å². The molecule has 0 atom stereocenters. The molecule has 0 saturated carbocycles. The third kappa shape index (κ3) is 4.00. The topological polar surface area (TPSA) is 58.5 Å². The Bertz CT molecular complexity index is 432. The van der Waals surface area contributed by atoms with E-state index in [0.29, 0.717) is 0 Å². The van der Waals surface area contributed by atoms with Crippen molar-refractivity contribution in [1.29, 1.82) is 0 Å². The number of nitrogens with one attached hydrogen (secondary N) is 2. The van der Waals surface area contributed by atoms with E-state index in [1.165, 1.54) is 12.0 Å². The third-order valence-electron chi connectivity index (χ3n) is 2.85. The minimum atomic E-state index is 0.938. The summed E-state index contributed by atoms with van der Waals surface area (Å²) in [5.41, 5.74) is 1.35. The highest BCUT2D eigenvalue weighted by Crippen LogP contribution is 2.02. The van der Waals surface area contributed by atoms with E-state index in [4.69, 9.17) is 0 Å². The molecule has 0 spiro atoms. The highest BCUT2D eigenvalue weighted by molar-refractivity contribution is 5.09. The zero-order chi connectivity index (χ0) is 12.6. The van der Waals surface area contributed by atoms with Crippen LogP contribution >= 0.6 is 0 Å². The lowest BCUT2D eigenvalue weighted by Gasteiger charge is -2.02. The van der Waals surface area contributed by atoms with Gasteiger partial charge in [0.1, 0.15) is 12.2 Å². The largest absolute Gasteiger partial charge is 0.354 e. The highest BCUT2D eigenvalue weighted by atomic mass is 15.2. The van der Waals surface area contributed by atoms with Gasteiger partial charge in [0.05, 0.1) is 0 Å². The molecule has 0 aliphatic rings. The SMILES string of the molecule is CCCn1ccc(CNCCCc2ncn[nH]2)c1. The molecule has 0 aliphatic carbocycles. The van der Waals surface area contributed by atoms with Crippen LogP contribution in [-0.4, -0.2) is 26.3 Å². The molecule has 0 unspecified atom stereocenters. The zero-order valence-corrected chi connectivity index (χ0v) is 10.9. The molecule has 2 rings (SSSR count). The summed E-state index contributed by atoms with van der Waals surface area (Å²) in [4.78, 5) is 4.10. The van der Waals surface area contributed by atoms with Crippen LogP contribution in [0.4, 0.5) is 0 Å². The lowest BCUT2D eigenvalue weighted by molar-refractivity contribution is 0.635. The van der Waals surface area contributed by atoms with Gasteiger partial charge in [-0.1, -0.05) is 6.92 Å². The first kappa shape index (κ1) is 12.8. The maximum absolute atomic E-state index is 4.10. The van der Waals surface area contributed by atoms with E-state index < -0.39 is 0 Å². The molecule has 2 N–H and O–H groups in total. The lowest BCUT2D eigenvalue weighted by Crippen LogP contribution is -2.15. The normalized spacial score (nSPS) is 10.9. The standard InChI is InChI=1S/C13H21N5/c1-2-7-18-8-5-12(10-18)9-14-6-3-4-13-15-11-16-17-13/h5,8,10-11,14H,2-4,6-7,9H2,1H3,(H,15,16,17). The van der Waals surface area contributed by atoms with Crippen LogP contribution in [0, 0.1) is 0 Å². The lowest BCUT2D eigenvalue weighted by atomic mass is 10.3. The molecule has 0 aromatic carbocycles. The van der Waals surface area contributed by atoms with Gasteiger partial charge in [0.2, 0.25) is 0 Å². The van der Waals surface area contributed by atoms with E-state index >= 15 is 0 Å². The Morgan fingerprint density at radius 3 is 3.17 bits per heavy atom. The van der Waals surface area contributed by atoms with Gasteiger partial charge in [-0.2, -0.15) is 5.10 Å². The summed E-state index contributed by atoms with van der Waals surface area (Å²) in [6, 6.07) is 2.18. The van der Waals surface area contributed by atoms with Crippen molar-refractivity contribution in [3.8, 4) is 0 Å². The molecule has 0 aliphatic heterocycles. The average Bonchev–Trinajstić information content (AvgIpc) is 3.01. The monoisotopic (exact) mass is 247 g/mol. The molecular formula is C13H21N5. The second-order valence-electron chi connectivity index (χ2n) is 4.47. The first-order chi connectivity index (χ1) is 8.88. The van der Waals surface area contributed by atoms with Crippen LogP contribution in [-0.2, 0) is 19.5 Å². The van der Waals surface area contributed by atoms with Crippen molar-refractivity contribution in [2.75, 3.05) is 6.54 Å². The molecule has 98 valence electrons. The first-order valence-electron chi connectivity index (χ1n) is 6.58. The molecule has 18 heavy (non-hydrogen) atoms. The average molecular weight is 247 g/mol. The number of H-pyrrole nitrogens is 1. The minimum Gasteiger partial charge on any atom is -0.354 e. The van der Waals surface area contributed by atoms with E-state index in [-0.39, 0.29) is 0 Å². The summed E-state index contributed by atoms with van der Waals surface area (Å²) in [5.74, 6) is 0.964. The number of aryl methyl sites for hydroxylation is 2. The van der Waals surface area contributed by atoms with Crippen molar-refractivity contribution in [2.24, 2.45) is 0 Å². The van der Waals surface area contributed by atoms with Crippen LogP contribution in [0.25, 0.3) is 0 Å². The highest BCUT2D eigenvalue weighted by Gasteiger charge is 1.97. The molecule has 0 amide bonds. The Labute approximate surface area is 108 Å². The number of hydrogen-bond donors (Lipinski definition) is 2. The molecule has 5 nitrogen and oxygen atoms in total. The number of hydrogen-bond acceptors (Lipinski definition) is 3. The molecule has 0 bridgehead atoms. The molecule has 2 aromatic heterocycles. The Hall–Kier alpha value is -1.62. The smallest absolute Gasteiger partial charge is 0.137 e. The van der Waals surface area contributed by atoms with Crippen LogP contribution in [0.3, 0.4) is 0 Å². The molecule has 2 aromatic rings. The van der Waals surface area contributed by atoms with Crippen molar-refractivity contribution in [2.45, 2.75) is 39.3 Å². The maximum atomic E-state index is 4.10. The van der Waals surface area contributed by atoms with Crippen LogP contribution in [0.2, 0.25) is 0 Å². The van der Waals surface area contributed by atoms with Gasteiger partial charge in [-0.25, -0.2) is 4.98 Å². The van der Waals surface area contributed by atoms with Crippen molar-refractivity contribution in [3.05, 3.63) is 36.2 Å². The summed E-state index contributed by atoms with van der Waals surface area (Å²) in [6.07, 6.45) is 9.12. The molecule has 0 radical (unpaired) electrons. The zero-order valence-electron chi connectivity index (χ0n) is 10.9. The van der Waals surface area contributed by atoms with E-state index in [2.05, 4.69) is 50.4 Å². The Kier molecular flexibility index (Phi) is 4.96. The number of aromatic amines is 1. The second-order valence-corrected chi connectivity index (χ2v) is 4.47. The van der Waals surface area contributed by atoms with Crippen LogP contribution in [0.5, 0.6) is 0 Å². The number of rotatable bonds is 8. The maximum Gasteiger partial charge on any atom is 0.137 e. The Morgan fingerprint density at radius 2 is 2.39 bits per heavy atom. The Morgan fingerprint density at radius 1 is 1.44 bits per heavy atom. The van der Waals surface area contributed by atoms with Crippen molar-refractivity contribution >= 4 is 0 Å². The van der Waals surface area contributed by atoms with E-state index in [1.54, 1.807) is 6.33 Å². The van der Waals surface area contributed by atoms with Gasteiger partial charge >= 0.3 is 0 Å². The molecule has 2 heterocycles. The summed E-state index contributed by atoms with van der Waals surface area (Å²) in [5, 5.41) is 10.1. The quantitative estimate of drug-likeness (QED) is 0.699. The fourth-order valence-electron chi connectivity index (χ4n) is 1.96. The van der Waals surface area contributed by atoms with Gasteiger partial charge < -0.3 is 9.88 Å². The van der Waals surface area contributed by atoms with Crippen molar-refractivity contribution in [1.82, 2.24) is 25.1 Å². The number of nitrogens with zero attached hydrogens (tertiary/aromatic N) is 3. The van der Waals surface area contributed by atoms with Gasteiger partial charge in [-0.15, -0.1) is 0 Å². The predicted octanol–water partition coefficient (Wildman–Crippen LogP) is 1.74. The fourth-order valence-corrected chi connectivity index (χ4v) is 1.96. The minimum absolute atomic E-state index is 0.938. The Balaban J connectivity index is 1.59. The van der Waals surface area contributed by atoms with Crippen LogP contribution in [0.15, 0.2) is 24.8 Å². The van der Waals surface area contributed by atoms with Gasteiger partial charge in [0, 0.05) is 31.9 Å².